The smallest absolute Gasteiger partial charge is 0.226 e. The highest BCUT2D eigenvalue weighted by molar-refractivity contribution is 7.71. The van der Waals surface area contributed by atoms with Crippen molar-refractivity contribution in [1.29, 1.82) is 0 Å². The molecule has 5 rings (SSSR count). The Hall–Kier alpha value is -1.93. The summed E-state index contributed by atoms with van der Waals surface area (Å²) in [4.78, 5) is 7.16. The Kier molecular flexibility index (Phi) is 5.30. The fourth-order valence-corrected chi connectivity index (χ4v) is 4.78. The van der Waals surface area contributed by atoms with E-state index >= 15 is 0 Å². The first-order valence-corrected chi connectivity index (χ1v) is 11.3. The maximum Gasteiger partial charge on any atom is 0.226 e. The third-order valence-corrected chi connectivity index (χ3v) is 6.71. The summed E-state index contributed by atoms with van der Waals surface area (Å²) in [5.74, 6) is 0.902. The van der Waals surface area contributed by atoms with Gasteiger partial charge in [-0.1, -0.05) is 0 Å². The molecule has 2 aromatic rings. The van der Waals surface area contributed by atoms with E-state index in [1.54, 1.807) is 0 Å². The van der Waals surface area contributed by atoms with Gasteiger partial charge < -0.3 is 9.80 Å². The standard InChI is InChI=1S/C21H29FN6S/c22-17-4-6-18(7-5-17)25-14-12-24(13-15-25)16-27-21(29)28(19-8-9-19)20(23-27)26-10-2-1-3-11-26/h4-7,19H,1-3,8-16H2. The van der Waals surface area contributed by atoms with Gasteiger partial charge in [0.15, 0.2) is 0 Å². The van der Waals surface area contributed by atoms with Crippen molar-refractivity contribution in [1.82, 2.24) is 19.2 Å². The van der Waals surface area contributed by atoms with Crippen molar-refractivity contribution in [3.05, 3.63) is 34.9 Å². The Labute approximate surface area is 176 Å². The van der Waals surface area contributed by atoms with Crippen molar-refractivity contribution in [3.8, 4) is 0 Å². The lowest BCUT2D eigenvalue weighted by Gasteiger charge is -2.35. The number of benzene rings is 1. The molecule has 0 radical (unpaired) electrons. The maximum atomic E-state index is 13.2. The zero-order valence-electron chi connectivity index (χ0n) is 16.8. The highest BCUT2D eigenvalue weighted by atomic mass is 32.1. The van der Waals surface area contributed by atoms with Crippen molar-refractivity contribution in [2.24, 2.45) is 0 Å². The van der Waals surface area contributed by atoms with Gasteiger partial charge in [0, 0.05) is 51.0 Å². The normalized spacial score (nSPS) is 21.0. The Morgan fingerprint density at radius 2 is 1.59 bits per heavy atom. The molecule has 2 aliphatic heterocycles. The van der Waals surface area contributed by atoms with E-state index in [1.807, 2.05) is 16.8 Å². The summed E-state index contributed by atoms with van der Waals surface area (Å²) in [5.41, 5.74) is 1.09. The molecule has 0 N–H and O–H groups in total. The minimum Gasteiger partial charge on any atom is -0.369 e. The van der Waals surface area contributed by atoms with Crippen LogP contribution >= 0.6 is 12.2 Å². The van der Waals surface area contributed by atoms with E-state index in [4.69, 9.17) is 17.3 Å². The molecular weight excluding hydrogens is 387 g/mol. The van der Waals surface area contributed by atoms with Gasteiger partial charge in [-0.15, -0.1) is 5.10 Å². The Bertz CT molecular complexity index is 889. The number of hydrogen-bond donors (Lipinski definition) is 0. The van der Waals surface area contributed by atoms with Crippen molar-refractivity contribution < 1.29 is 4.39 Å². The zero-order valence-corrected chi connectivity index (χ0v) is 17.7. The summed E-state index contributed by atoms with van der Waals surface area (Å²) >= 11 is 5.84. The van der Waals surface area contributed by atoms with Gasteiger partial charge in [-0.05, 0) is 68.6 Å². The molecule has 1 saturated carbocycles. The van der Waals surface area contributed by atoms with Crippen LogP contribution < -0.4 is 9.80 Å². The Morgan fingerprint density at radius 3 is 2.24 bits per heavy atom. The molecule has 29 heavy (non-hydrogen) atoms. The SMILES string of the molecule is Fc1ccc(N2CCN(Cn3nc(N4CCCCC4)n(C4CC4)c3=S)CC2)cc1. The van der Waals surface area contributed by atoms with E-state index in [-0.39, 0.29) is 5.82 Å². The quantitative estimate of drug-likeness (QED) is 0.695. The lowest BCUT2D eigenvalue weighted by Crippen LogP contribution is -2.47. The molecule has 0 bridgehead atoms. The van der Waals surface area contributed by atoms with Crippen LogP contribution in [-0.2, 0) is 6.67 Å². The summed E-state index contributed by atoms with van der Waals surface area (Å²) in [6.07, 6.45) is 6.25. The lowest BCUT2D eigenvalue weighted by atomic mass is 10.1. The van der Waals surface area contributed by atoms with Crippen LogP contribution in [0.2, 0.25) is 0 Å². The first-order chi connectivity index (χ1) is 14.2. The summed E-state index contributed by atoms with van der Waals surface area (Å²) in [6.45, 7) is 6.70. The van der Waals surface area contributed by atoms with E-state index in [2.05, 4.69) is 19.3 Å². The highest BCUT2D eigenvalue weighted by Gasteiger charge is 2.31. The van der Waals surface area contributed by atoms with E-state index < -0.39 is 0 Å². The number of piperidine rings is 1. The van der Waals surface area contributed by atoms with Crippen LogP contribution in [0.15, 0.2) is 24.3 Å². The molecule has 2 saturated heterocycles. The first-order valence-electron chi connectivity index (χ1n) is 10.9. The molecule has 0 atom stereocenters. The molecule has 3 fully saturated rings. The molecule has 8 heteroatoms. The van der Waals surface area contributed by atoms with Crippen LogP contribution in [0.25, 0.3) is 0 Å². The van der Waals surface area contributed by atoms with E-state index in [0.717, 1.165) is 62.3 Å². The topological polar surface area (TPSA) is 32.5 Å². The third-order valence-electron chi connectivity index (χ3n) is 6.30. The van der Waals surface area contributed by atoms with Crippen LogP contribution in [0.5, 0.6) is 0 Å². The van der Waals surface area contributed by atoms with Gasteiger partial charge in [-0.3, -0.25) is 9.47 Å². The van der Waals surface area contributed by atoms with Crippen molar-refractivity contribution in [3.63, 3.8) is 0 Å². The molecule has 156 valence electrons. The summed E-state index contributed by atoms with van der Waals surface area (Å²) in [7, 11) is 0. The number of halogens is 1. The number of hydrogen-bond acceptors (Lipinski definition) is 5. The molecule has 1 aromatic heterocycles. The molecule has 6 nitrogen and oxygen atoms in total. The van der Waals surface area contributed by atoms with Gasteiger partial charge in [0.2, 0.25) is 10.7 Å². The fourth-order valence-electron chi connectivity index (χ4n) is 4.45. The molecule has 1 aliphatic carbocycles. The first kappa shape index (κ1) is 19.1. The monoisotopic (exact) mass is 416 g/mol. The van der Waals surface area contributed by atoms with Crippen LogP contribution in [0, 0.1) is 10.6 Å². The lowest BCUT2D eigenvalue weighted by molar-refractivity contribution is 0.194. The molecule has 0 unspecified atom stereocenters. The maximum absolute atomic E-state index is 13.2. The number of piperazine rings is 1. The predicted octanol–water partition coefficient (Wildman–Crippen LogP) is 3.66. The predicted molar refractivity (Wildman–Crippen MR) is 116 cm³/mol. The van der Waals surface area contributed by atoms with Crippen LogP contribution in [0.4, 0.5) is 16.0 Å². The Balaban J connectivity index is 1.27. The summed E-state index contributed by atoms with van der Waals surface area (Å²) < 4.78 is 18.4. The van der Waals surface area contributed by atoms with Gasteiger partial charge in [-0.2, -0.15) is 0 Å². The summed E-state index contributed by atoms with van der Waals surface area (Å²) in [5, 5.41) is 4.98. The summed E-state index contributed by atoms with van der Waals surface area (Å²) in [6, 6.07) is 7.34. The third kappa shape index (κ3) is 4.05. The van der Waals surface area contributed by atoms with Crippen LogP contribution in [0.1, 0.15) is 38.1 Å². The van der Waals surface area contributed by atoms with Crippen molar-refractivity contribution >= 4 is 23.9 Å². The number of nitrogens with zero attached hydrogens (tertiary/aromatic N) is 6. The van der Waals surface area contributed by atoms with Gasteiger partial charge in [0.25, 0.3) is 0 Å². The molecule has 3 aliphatic rings. The van der Waals surface area contributed by atoms with E-state index in [9.17, 15) is 4.39 Å². The minimum absolute atomic E-state index is 0.183. The highest BCUT2D eigenvalue weighted by Crippen LogP contribution is 2.38. The van der Waals surface area contributed by atoms with Gasteiger partial charge in [0.05, 0.1) is 6.67 Å². The molecular formula is C21H29FN6S. The Morgan fingerprint density at radius 1 is 0.897 bits per heavy atom. The van der Waals surface area contributed by atoms with E-state index in [1.165, 1.54) is 44.2 Å². The van der Waals surface area contributed by atoms with Gasteiger partial charge in [0.1, 0.15) is 5.82 Å². The zero-order chi connectivity index (χ0) is 19.8. The molecule has 0 amide bonds. The fraction of sp³-hybridized carbons (Fsp3) is 0.619. The van der Waals surface area contributed by atoms with Crippen LogP contribution in [-0.4, -0.2) is 58.5 Å². The van der Waals surface area contributed by atoms with Gasteiger partial charge in [-0.25, -0.2) is 9.07 Å². The average molecular weight is 417 g/mol. The second-order valence-corrected chi connectivity index (χ2v) is 8.82. The van der Waals surface area contributed by atoms with E-state index in [0.29, 0.717) is 6.04 Å². The minimum atomic E-state index is -0.183. The van der Waals surface area contributed by atoms with Crippen molar-refractivity contribution in [2.75, 3.05) is 49.1 Å². The van der Waals surface area contributed by atoms with Crippen molar-refractivity contribution in [2.45, 2.75) is 44.8 Å². The number of rotatable bonds is 5. The van der Waals surface area contributed by atoms with Gasteiger partial charge >= 0.3 is 0 Å². The average Bonchev–Trinajstić information content (AvgIpc) is 3.54. The number of aromatic nitrogens is 3. The number of anilines is 2. The molecule has 0 spiro atoms. The van der Waals surface area contributed by atoms with Crippen LogP contribution in [0.3, 0.4) is 0 Å². The second-order valence-electron chi connectivity index (χ2n) is 8.45. The second kappa shape index (κ2) is 8.07. The molecule has 3 heterocycles. The molecule has 1 aromatic carbocycles. The largest absolute Gasteiger partial charge is 0.369 e.